The maximum absolute atomic E-state index is 5.67. The Bertz CT molecular complexity index is 303. The summed E-state index contributed by atoms with van der Waals surface area (Å²) in [5, 5.41) is 2.99. The summed E-state index contributed by atoms with van der Waals surface area (Å²) < 4.78 is 5.14. The van der Waals surface area contributed by atoms with E-state index in [1.807, 2.05) is 37.3 Å². The number of guanidine groups is 1. The molecule has 0 aliphatic carbocycles. The number of nitrogens with one attached hydrogen (secondary N) is 1. The molecule has 0 saturated heterocycles. The molecule has 0 aromatic heterocycles. The second-order valence-corrected chi connectivity index (χ2v) is 2.95. The molecular weight excluding hydrogens is 317 g/mol. The number of hydrogen-bond acceptors (Lipinski definition) is 2. The molecule has 0 amide bonds. The summed E-state index contributed by atoms with van der Waals surface area (Å²) in [4.78, 5) is 4.12. The van der Waals surface area contributed by atoms with E-state index >= 15 is 0 Å². The molecule has 1 aromatic rings. The molecule has 5 heteroatoms. The molecule has 0 saturated carbocycles. The van der Waals surface area contributed by atoms with Gasteiger partial charge in [0.2, 0.25) is 0 Å². The molecule has 0 heterocycles. The van der Waals surface area contributed by atoms with Crippen molar-refractivity contribution in [1.29, 1.82) is 0 Å². The minimum atomic E-state index is 0. The summed E-state index contributed by atoms with van der Waals surface area (Å²) in [6.45, 7) is 3.85. The third-order valence-electron chi connectivity index (χ3n) is 1.77. The number of nitrogens with zero attached hydrogens (tertiary/aromatic N) is 1. The molecule has 1 rings (SSSR count). The van der Waals surface area contributed by atoms with Gasteiger partial charge in [-0.2, -0.15) is 0 Å². The zero-order chi connectivity index (χ0) is 10.9. The molecule has 0 spiro atoms. The van der Waals surface area contributed by atoms with Crippen LogP contribution in [-0.4, -0.2) is 25.7 Å². The maximum atomic E-state index is 5.67. The lowest BCUT2D eigenvalue weighted by molar-refractivity contribution is 0.156. The molecule has 4 nitrogen and oxygen atoms in total. The minimum Gasteiger partial charge on any atom is -0.380 e. The predicted molar refractivity (Wildman–Crippen MR) is 78.5 cm³/mol. The van der Waals surface area contributed by atoms with E-state index in [2.05, 4.69) is 10.3 Å². The van der Waals surface area contributed by atoms with Crippen LogP contribution in [0.25, 0.3) is 0 Å². The number of ether oxygens (including phenoxy) is 1. The van der Waals surface area contributed by atoms with Crippen LogP contribution in [0.1, 0.15) is 6.92 Å². The molecule has 0 aliphatic heterocycles. The second kappa shape index (κ2) is 9.41. The van der Waals surface area contributed by atoms with Crippen LogP contribution in [0.4, 0.5) is 5.69 Å². The quantitative estimate of drug-likeness (QED) is 0.375. The summed E-state index contributed by atoms with van der Waals surface area (Å²) in [6.07, 6.45) is 0. The highest BCUT2D eigenvalue weighted by Crippen LogP contribution is 2.03. The SMILES string of the molecule is CCOCCN=C(N)Nc1ccccc1.I. The van der Waals surface area contributed by atoms with E-state index in [-0.39, 0.29) is 24.0 Å². The van der Waals surface area contributed by atoms with Crippen molar-refractivity contribution in [3.63, 3.8) is 0 Å². The number of benzene rings is 1. The van der Waals surface area contributed by atoms with Crippen LogP contribution in [0.15, 0.2) is 35.3 Å². The van der Waals surface area contributed by atoms with Crippen molar-refractivity contribution in [2.45, 2.75) is 6.92 Å². The molecule has 0 atom stereocenters. The van der Waals surface area contributed by atoms with Crippen LogP contribution in [0, 0.1) is 0 Å². The van der Waals surface area contributed by atoms with Crippen molar-refractivity contribution in [3.05, 3.63) is 30.3 Å². The Balaban J connectivity index is 0.00000225. The summed E-state index contributed by atoms with van der Waals surface area (Å²) in [7, 11) is 0. The Morgan fingerprint density at radius 2 is 2.06 bits per heavy atom. The van der Waals surface area contributed by atoms with Crippen molar-refractivity contribution in [2.75, 3.05) is 25.1 Å². The van der Waals surface area contributed by atoms with Gasteiger partial charge < -0.3 is 15.8 Å². The molecule has 1 aromatic carbocycles. The van der Waals surface area contributed by atoms with Gasteiger partial charge in [0.15, 0.2) is 5.96 Å². The third-order valence-corrected chi connectivity index (χ3v) is 1.77. The van der Waals surface area contributed by atoms with Crippen LogP contribution < -0.4 is 11.1 Å². The van der Waals surface area contributed by atoms with E-state index in [9.17, 15) is 0 Å². The van der Waals surface area contributed by atoms with E-state index in [0.717, 1.165) is 5.69 Å². The summed E-state index contributed by atoms with van der Waals surface area (Å²) in [6, 6.07) is 9.70. The topological polar surface area (TPSA) is 59.6 Å². The van der Waals surface area contributed by atoms with Crippen LogP contribution >= 0.6 is 24.0 Å². The van der Waals surface area contributed by atoms with Crippen molar-refractivity contribution >= 4 is 35.6 Å². The Morgan fingerprint density at radius 3 is 2.69 bits per heavy atom. The third kappa shape index (κ3) is 6.62. The van der Waals surface area contributed by atoms with E-state index in [4.69, 9.17) is 10.5 Å². The van der Waals surface area contributed by atoms with Crippen molar-refractivity contribution < 1.29 is 4.74 Å². The number of aliphatic imine (C=N–C) groups is 1. The maximum Gasteiger partial charge on any atom is 0.193 e. The normalized spacial score (nSPS) is 10.7. The molecule has 16 heavy (non-hydrogen) atoms. The number of nitrogens with two attached hydrogens (primary N) is 1. The van der Waals surface area contributed by atoms with E-state index in [1.54, 1.807) is 0 Å². The lowest BCUT2D eigenvalue weighted by atomic mass is 10.3. The van der Waals surface area contributed by atoms with Gasteiger partial charge in [0, 0.05) is 12.3 Å². The molecule has 0 fully saturated rings. The number of hydrogen-bond donors (Lipinski definition) is 2. The zero-order valence-corrected chi connectivity index (χ0v) is 11.7. The van der Waals surface area contributed by atoms with Crippen LogP contribution in [0.5, 0.6) is 0 Å². The molecule has 0 radical (unpaired) electrons. The van der Waals surface area contributed by atoms with Gasteiger partial charge in [-0.1, -0.05) is 18.2 Å². The Kier molecular flexibility index (Phi) is 8.93. The fraction of sp³-hybridized carbons (Fsp3) is 0.364. The van der Waals surface area contributed by atoms with Gasteiger partial charge in [0.25, 0.3) is 0 Å². The van der Waals surface area contributed by atoms with Crippen LogP contribution in [0.2, 0.25) is 0 Å². The lowest BCUT2D eigenvalue weighted by Crippen LogP contribution is -2.23. The molecule has 0 bridgehead atoms. The number of halogens is 1. The fourth-order valence-corrected chi connectivity index (χ4v) is 1.08. The monoisotopic (exact) mass is 335 g/mol. The summed E-state index contributed by atoms with van der Waals surface area (Å²) in [5.41, 5.74) is 6.61. The summed E-state index contributed by atoms with van der Waals surface area (Å²) in [5.74, 6) is 0.418. The minimum absolute atomic E-state index is 0. The van der Waals surface area contributed by atoms with E-state index in [0.29, 0.717) is 25.7 Å². The van der Waals surface area contributed by atoms with Crippen molar-refractivity contribution in [3.8, 4) is 0 Å². The Morgan fingerprint density at radius 1 is 1.38 bits per heavy atom. The highest BCUT2D eigenvalue weighted by molar-refractivity contribution is 14.0. The van der Waals surface area contributed by atoms with Crippen LogP contribution in [-0.2, 0) is 4.74 Å². The fourth-order valence-electron chi connectivity index (χ4n) is 1.08. The average Bonchev–Trinajstić information content (AvgIpc) is 2.26. The lowest BCUT2D eigenvalue weighted by Gasteiger charge is -2.04. The van der Waals surface area contributed by atoms with Gasteiger partial charge in [-0.3, -0.25) is 4.99 Å². The van der Waals surface area contributed by atoms with E-state index in [1.165, 1.54) is 0 Å². The largest absolute Gasteiger partial charge is 0.380 e. The van der Waals surface area contributed by atoms with Crippen molar-refractivity contribution in [2.24, 2.45) is 10.7 Å². The standard InChI is InChI=1S/C11H17N3O.HI/c1-2-15-9-8-13-11(12)14-10-6-4-3-5-7-10;/h3-7H,2,8-9H2,1H3,(H3,12,13,14);1H. The van der Waals surface area contributed by atoms with Gasteiger partial charge in [-0.05, 0) is 19.1 Å². The molecule has 0 unspecified atom stereocenters. The second-order valence-electron chi connectivity index (χ2n) is 2.95. The number of anilines is 1. The average molecular weight is 335 g/mol. The highest BCUT2D eigenvalue weighted by atomic mass is 127. The van der Waals surface area contributed by atoms with Gasteiger partial charge >= 0.3 is 0 Å². The first-order valence-corrected chi connectivity index (χ1v) is 5.02. The van der Waals surface area contributed by atoms with Crippen molar-refractivity contribution in [1.82, 2.24) is 0 Å². The first-order valence-electron chi connectivity index (χ1n) is 5.02. The van der Waals surface area contributed by atoms with Gasteiger partial charge in [-0.25, -0.2) is 0 Å². The smallest absolute Gasteiger partial charge is 0.193 e. The van der Waals surface area contributed by atoms with Crippen LogP contribution in [0.3, 0.4) is 0 Å². The Hall–Kier alpha value is -0.820. The molecular formula is C11H18IN3O. The summed E-state index contributed by atoms with van der Waals surface area (Å²) >= 11 is 0. The Labute approximate surface area is 113 Å². The first-order chi connectivity index (χ1) is 7.33. The molecule has 0 aliphatic rings. The van der Waals surface area contributed by atoms with Gasteiger partial charge in [0.1, 0.15) is 0 Å². The van der Waals surface area contributed by atoms with Gasteiger partial charge in [-0.15, -0.1) is 24.0 Å². The number of rotatable bonds is 5. The molecule has 3 N–H and O–H groups in total. The van der Waals surface area contributed by atoms with E-state index < -0.39 is 0 Å². The first kappa shape index (κ1) is 15.2. The molecule has 90 valence electrons. The number of para-hydroxylation sites is 1. The zero-order valence-electron chi connectivity index (χ0n) is 9.35. The van der Waals surface area contributed by atoms with Gasteiger partial charge in [0.05, 0.1) is 13.2 Å². The predicted octanol–water partition coefficient (Wildman–Crippen LogP) is 2.07. The highest BCUT2D eigenvalue weighted by Gasteiger charge is 1.92.